The van der Waals surface area contributed by atoms with Crippen LogP contribution in [0, 0.1) is 0 Å². The van der Waals surface area contributed by atoms with Gasteiger partial charge < -0.3 is 9.73 Å². The summed E-state index contributed by atoms with van der Waals surface area (Å²) in [6.45, 7) is 0.404. The predicted molar refractivity (Wildman–Crippen MR) is 115 cm³/mol. The highest BCUT2D eigenvalue weighted by atomic mass is 35.5. The number of pyridine rings is 1. The highest BCUT2D eigenvalue weighted by Gasteiger charge is 2.16. The van der Waals surface area contributed by atoms with Gasteiger partial charge in [0.2, 0.25) is 5.89 Å². The molecule has 0 aliphatic heterocycles. The molecule has 0 saturated heterocycles. The zero-order valence-electron chi connectivity index (χ0n) is 15.1. The third-order valence-corrected chi connectivity index (χ3v) is 6.26. The lowest BCUT2D eigenvalue weighted by molar-refractivity contribution is 0.0955. The Labute approximate surface area is 175 Å². The zero-order valence-corrected chi connectivity index (χ0v) is 16.6. The van der Waals surface area contributed by atoms with Crippen LogP contribution in [-0.4, -0.2) is 15.9 Å². The monoisotopic (exact) mass is 419 g/mol. The molecule has 0 bridgehead atoms. The Bertz CT molecular complexity index is 1310. The first-order chi connectivity index (χ1) is 14.2. The van der Waals surface area contributed by atoms with Crippen LogP contribution < -0.4 is 5.32 Å². The summed E-state index contributed by atoms with van der Waals surface area (Å²) >= 11 is 7.78. The predicted octanol–water partition coefficient (Wildman–Crippen LogP) is 5.69. The van der Waals surface area contributed by atoms with Crippen LogP contribution in [0.3, 0.4) is 0 Å². The summed E-state index contributed by atoms with van der Waals surface area (Å²) in [6.07, 6.45) is 3.34. The van der Waals surface area contributed by atoms with Crippen molar-refractivity contribution in [2.75, 3.05) is 0 Å². The highest BCUT2D eigenvalue weighted by molar-refractivity contribution is 7.21. The van der Waals surface area contributed by atoms with Crippen molar-refractivity contribution in [1.29, 1.82) is 0 Å². The molecule has 0 radical (unpaired) electrons. The van der Waals surface area contributed by atoms with Gasteiger partial charge in [0.15, 0.2) is 5.58 Å². The number of nitrogens with one attached hydrogen (secondary N) is 1. The van der Waals surface area contributed by atoms with Gasteiger partial charge in [-0.1, -0.05) is 41.9 Å². The van der Waals surface area contributed by atoms with Crippen molar-refractivity contribution in [1.82, 2.24) is 15.3 Å². The highest BCUT2D eigenvalue weighted by Crippen LogP contribution is 2.35. The zero-order chi connectivity index (χ0) is 19.8. The van der Waals surface area contributed by atoms with Gasteiger partial charge in [0.05, 0.1) is 11.2 Å². The van der Waals surface area contributed by atoms with Crippen LogP contribution in [0.15, 0.2) is 71.4 Å². The molecule has 1 amide bonds. The summed E-state index contributed by atoms with van der Waals surface area (Å²) in [6, 6.07) is 17.2. The minimum Gasteiger partial charge on any atom is -0.436 e. The molecule has 1 N–H and O–H groups in total. The number of halogens is 1. The molecule has 0 atom stereocenters. The molecule has 3 heterocycles. The standard InChI is InChI=1S/C22H14ClN3O2S/c23-19-15-3-1-2-4-18(15)29-20(19)21(27)25-11-13-5-7-14(8-6-13)22-26-16-12-24-10-9-17(16)28-22/h1-10,12H,11H2,(H,25,27). The molecule has 5 nitrogen and oxygen atoms in total. The van der Waals surface area contributed by atoms with Crippen LogP contribution in [0.25, 0.3) is 32.6 Å². The van der Waals surface area contributed by atoms with Crippen LogP contribution in [0.4, 0.5) is 0 Å². The van der Waals surface area contributed by atoms with E-state index in [9.17, 15) is 4.79 Å². The van der Waals surface area contributed by atoms with Gasteiger partial charge in [0.1, 0.15) is 10.4 Å². The van der Waals surface area contributed by atoms with Crippen molar-refractivity contribution in [3.63, 3.8) is 0 Å². The van der Waals surface area contributed by atoms with Crippen molar-refractivity contribution in [2.24, 2.45) is 0 Å². The second kappa shape index (κ2) is 7.31. The maximum Gasteiger partial charge on any atom is 0.263 e. The average Bonchev–Trinajstić information content (AvgIpc) is 3.34. The largest absolute Gasteiger partial charge is 0.436 e. The molecule has 29 heavy (non-hydrogen) atoms. The Morgan fingerprint density at radius 3 is 2.72 bits per heavy atom. The van der Waals surface area contributed by atoms with E-state index in [1.165, 1.54) is 11.3 Å². The van der Waals surface area contributed by atoms with Gasteiger partial charge in [0.25, 0.3) is 5.91 Å². The Balaban J connectivity index is 1.30. The number of thiophene rings is 1. The van der Waals surface area contributed by atoms with E-state index in [0.29, 0.717) is 27.9 Å². The van der Waals surface area contributed by atoms with E-state index in [4.69, 9.17) is 16.0 Å². The molecule has 0 unspecified atom stereocenters. The van der Waals surface area contributed by atoms with Crippen LogP contribution in [0.2, 0.25) is 5.02 Å². The molecular weight excluding hydrogens is 406 g/mol. The topological polar surface area (TPSA) is 68.0 Å². The molecule has 2 aromatic carbocycles. The summed E-state index contributed by atoms with van der Waals surface area (Å²) in [5.41, 5.74) is 3.26. The fraction of sp³-hybridized carbons (Fsp3) is 0.0455. The summed E-state index contributed by atoms with van der Waals surface area (Å²) in [5, 5.41) is 4.35. The summed E-state index contributed by atoms with van der Waals surface area (Å²) in [5.74, 6) is 0.368. The molecule has 5 aromatic rings. The maximum absolute atomic E-state index is 12.6. The first-order valence-corrected chi connectivity index (χ1v) is 10.1. The molecule has 0 spiro atoms. The van der Waals surface area contributed by atoms with Crippen LogP contribution in [0.5, 0.6) is 0 Å². The molecule has 3 aromatic heterocycles. The number of nitrogens with zero attached hydrogens (tertiary/aromatic N) is 2. The van der Waals surface area contributed by atoms with E-state index >= 15 is 0 Å². The van der Waals surface area contributed by atoms with Crippen molar-refractivity contribution in [3.05, 3.63) is 82.5 Å². The van der Waals surface area contributed by atoms with E-state index in [2.05, 4.69) is 15.3 Å². The molecule has 0 aliphatic carbocycles. The Kier molecular flexibility index (Phi) is 4.50. The summed E-state index contributed by atoms with van der Waals surface area (Å²) in [7, 11) is 0. The molecule has 0 fully saturated rings. The summed E-state index contributed by atoms with van der Waals surface area (Å²) < 4.78 is 6.76. The Hall–Kier alpha value is -3.22. The number of hydrogen-bond acceptors (Lipinski definition) is 5. The van der Waals surface area contributed by atoms with Gasteiger partial charge in [-0.3, -0.25) is 9.78 Å². The van der Waals surface area contributed by atoms with Gasteiger partial charge in [-0.2, -0.15) is 0 Å². The first kappa shape index (κ1) is 17.8. The molecule has 142 valence electrons. The number of amides is 1. The summed E-state index contributed by atoms with van der Waals surface area (Å²) in [4.78, 5) is 21.6. The number of rotatable bonds is 4. The third-order valence-electron chi connectivity index (χ3n) is 4.58. The number of fused-ring (bicyclic) bond motifs is 2. The fourth-order valence-electron chi connectivity index (χ4n) is 3.09. The molecule has 0 saturated carbocycles. The van der Waals surface area contributed by atoms with E-state index in [-0.39, 0.29) is 5.91 Å². The number of benzene rings is 2. The Morgan fingerprint density at radius 1 is 1.10 bits per heavy atom. The molecule has 5 rings (SSSR count). The van der Waals surface area contributed by atoms with Gasteiger partial charge in [-0.15, -0.1) is 11.3 Å². The smallest absolute Gasteiger partial charge is 0.263 e. The number of oxazole rings is 1. The van der Waals surface area contributed by atoms with Crippen molar-refractivity contribution < 1.29 is 9.21 Å². The number of carbonyl (C=O) groups excluding carboxylic acids is 1. The maximum atomic E-state index is 12.6. The second-order valence-electron chi connectivity index (χ2n) is 6.48. The lowest BCUT2D eigenvalue weighted by atomic mass is 10.1. The lowest BCUT2D eigenvalue weighted by Gasteiger charge is -2.05. The van der Waals surface area contributed by atoms with Gasteiger partial charge in [-0.25, -0.2) is 4.98 Å². The Morgan fingerprint density at radius 2 is 1.93 bits per heavy atom. The van der Waals surface area contributed by atoms with Crippen molar-refractivity contribution in [2.45, 2.75) is 6.54 Å². The van der Waals surface area contributed by atoms with Gasteiger partial charge >= 0.3 is 0 Å². The average molecular weight is 420 g/mol. The van der Waals surface area contributed by atoms with Crippen LogP contribution in [0.1, 0.15) is 15.2 Å². The van der Waals surface area contributed by atoms with Gasteiger partial charge in [-0.05, 0) is 23.8 Å². The van der Waals surface area contributed by atoms with E-state index in [1.54, 1.807) is 18.5 Å². The normalized spacial score (nSPS) is 11.2. The molecular formula is C22H14ClN3O2S. The van der Waals surface area contributed by atoms with E-state index in [1.807, 2.05) is 48.5 Å². The first-order valence-electron chi connectivity index (χ1n) is 8.94. The fourth-order valence-corrected chi connectivity index (χ4v) is 4.52. The molecule has 0 aliphatic rings. The quantitative estimate of drug-likeness (QED) is 0.406. The third kappa shape index (κ3) is 3.37. The van der Waals surface area contributed by atoms with Crippen LogP contribution in [-0.2, 0) is 6.54 Å². The van der Waals surface area contributed by atoms with E-state index < -0.39 is 0 Å². The van der Waals surface area contributed by atoms with Crippen molar-refractivity contribution >= 4 is 50.0 Å². The minimum absolute atomic E-state index is 0.174. The lowest BCUT2D eigenvalue weighted by Crippen LogP contribution is -2.22. The SMILES string of the molecule is O=C(NCc1ccc(-c2nc3cnccc3o2)cc1)c1sc2ccccc2c1Cl. The molecule has 7 heteroatoms. The van der Waals surface area contributed by atoms with Crippen molar-refractivity contribution in [3.8, 4) is 11.5 Å². The van der Waals surface area contributed by atoms with Gasteiger partial charge in [0, 0.05) is 34.5 Å². The number of aromatic nitrogens is 2. The van der Waals surface area contributed by atoms with E-state index in [0.717, 1.165) is 26.7 Å². The number of hydrogen-bond donors (Lipinski definition) is 1. The number of carbonyl (C=O) groups is 1. The van der Waals surface area contributed by atoms with Crippen LogP contribution >= 0.6 is 22.9 Å². The minimum atomic E-state index is -0.174. The second-order valence-corrected chi connectivity index (χ2v) is 7.91.